The zero-order valence-corrected chi connectivity index (χ0v) is 12.5. The Labute approximate surface area is 129 Å². The summed E-state index contributed by atoms with van der Waals surface area (Å²) >= 11 is 0. The molecule has 0 saturated heterocycles. The van der Waals surface area contributed by atoms with Crippen LogP contribution in [0.1, 0.15) is 40.2 Å². The fourth-order valence-electron chi connectivity index (χ4n) is 3.02. The molecule has 0 saturated carbocycles. The summed E-state index contributed by atoms with van der Waals surface area (Å²) in [5.74, 6) is 0.633. The summed E-state index contributed by atoms with van der Waals surface area (Å²) in [5.41, 5.74) is 2.75. The third kappa shape index (κ3) is 2.80. The number of carbonyl (C=O) groups is 2. The Hall–Kier alpha value is -2.42. The zero-order chi connectivity index (χ0) is 15.5. The number of ketones is 2. The summed E-state index contributed by atoms with van der Waals surface area (Å²) in [4.78, 5) is 24.7. The SMILES string of the molecule is COc1ccc2c(c1)CCC(=O)[C@H]2CC(=O)c1ccccc1. The fraction of sp³-hybridized carbons (Fsp3) is 0.263. The minimum absolute atomic E-state index is 0.0163. The number of fused-ring (bicyclic) bond motifs is 1. The number of carbonyl (C=O) groups excluding carboxylic acids is 2. The molecule has 22 heavy (non-hydrogen) atoms. The van der Waals surface area contributed by atoms with Crippen molar-refractivity contribution in [1.82, 2.24) is 0 Å². The molecule has 0 N–H and O–H groups in total. The van der Waals surface area contributed by atoms with Gasteiger partial charge in [0.1, 0.15) is 11.5 Å². The van der Waals surface area contributed by atoms with Gasteiger partial charge in [-0.1, -0.05) is 36.4 Å². The number of aryl methyl sites for hydroxylation is 1. The Bertz CT molecular complexity index is 704. The highest BCUT2D eigenvalue weighted by molar-refractivity contribution is 6.01. The van der Waals surface area contributed by atoms with Crippen LogP contribution < -0.4 is 4.74 Å². The lowest BCUT2D eigenvalue weighted by Crippen LogP contribution is -2.23. The van der Waals surface area contributed by atoms with Gasteiger partial charge in [-0.3, -0.25) is 9.59 Å². The molecule has 0 fully saturated rings. The van der Waals surface area contributed by atoms with Crippen molar-refractivity contribution in [1.29, 1.82) is 0 Å². The van der Waals surface area contributed by atoms with Crippen molar-refractivity contribution in [2.75, 3.05) is 7.11 Å². The first-order valence-corrected chi connectivity index (χ1v) is 7.47. The topological polar surface area (TPSA) is 43.4 Å². The van der Waals surface area contributed by atoms with Gasteiger partial charge in [0, 0.05) is 18.4 Å². The first kappa shape index (κ1) is 14.5. The Kier molecular flexibility index (Phi) is 4.05. The van der Waals surface area contributed by atoms with Crippen molar-refractivity contribution in [3.05, 3.63) is 65.2 Å². The molecule has 0 spiro atoms. The van der Waals surface area contributed by atoms with Crippen LogP contribution in [0.5, 0.6) is 5.75 Å². The van der Waals surface area contributed by atoms with Crippen molar-refractivity contribution in [2.24, 2.45) is 0 Å². The van der Waals surface area contributed by atoms with Gasteiger partial charge in [-0.15, -0.1) is 0 Å². The molecular weight excluding hydrogens is 276 g/mol. The van der Waals surface area contributed by atoms with Crippen LogP contribution in [-0.2, 0) is 11.2 Å². The van der Waals surface area contributed by atoms with Gasteiger partial charge in [0.05, 0.1) is 13.0 Å². The number of rotatable bonds is 4. The lowest BCUT2D eigenvalue weighted by molar-refractivity contribution is -0.120. The summed E-state index contributed by atoms with van der Waals surface area (Å²) < 4.78 is 5.24. The van der Waals surface area contributed by atoms with Crippen LogP contribution >= 0.6 is 0 Å². The predicted molar refractivity (Wildman–Crippen MR) is 84.5 cm³/mol. The van der Waals surface area contributed by atoms with E-state index in [9.17, 15) is 9.59 Å². The molecule has 0 unspecified atom stereocenters. The maximum Gasteiger partial charge on any atom is 0.163 e. The van der Waals surface area contributed by atoms with Crippen molar-refractivity contribution < 1.29 is 14.3 Å². The number of ether oxygens (including phenoxy) is 1. The first-order chi connectivity index (χ1) is 10.7. The highest BCUT2D eigenvalue weighted by Gasteiger charge is 2.29. The average Bonchev–Trinajstić information content (AvgIpc) is 2.57. The average molecular weight is 294 g/mol. The van der Waals surface area contributed by atoms with Gasteiger partial charge in [-0.2, -0.15) is 0 Å². The zero-order valence-electron chi connectivity index (χ0n) is 12.5. The third-order valence-electron chi connectivity index (χ3n) is 4.24. The van der Waals surface area contributed by atoms with E-state index in [0.717, 1.165) is 23.3 Å². The molecule has 0 amide bonds. The van der Waals surface area contributed by atoms with Crippen LogP contribution in [0, 0.1) is 0 Å². The standard InChI is InChI=1S/C19H18O3/c1-22-15-8-9-16-14(11-15)7-10-18(20)17(16)12-19(21)13-5-3-2-4-6-13/h2-6,8-9,11,17H,7,10,12H2,1H3/t17-/m0/s1. The summed E-state index contributed by atoms with van der Waals surface area (Å²) in [5, 5.41) is 0. The molecule has 0 aromatic heterocycles. The molecule has 2 aromatic carbocycles. The number of hydrogen-bond acceptors (Lipinski definition) is 3. The largest absolute Gasteiger partial charge is 0.497 e. The third-order valence-corrected chi connectivity index (χ3v) is 4.24. The van der Waals surface area contributed by atoms with Gasteiger partial charge in [-0.05, 0) is 29.7 Å². The summed E-state index contributed by atoms with van der Waals surface area (Å²) in [6, 6.07) is 14.9. The van der Waals surface area contributed by atoms with E-state index in [-0.39, 0.29) is 23.9 Å². The summed E-state index contributed by atoms with van der Waals surface area (Å²) in [6.45, 7) is 0. The van der Waals surface area contributed by atoms with Crippen molar-refractivity contribution in [2.45, 2.75) is 25.2 Å². The van der Waals surface area contributed by atoms with Crippen LogP contribution in [0.4, 0.5) is 0 Å². The van der Waals surface area contributed by atoms with Gasteiger partial charge < -0.3 is 4.74 Å². The fourth-order valence-corrected chi connectivity index (χ4v) is 3.02. The van der Waals surface area contributed by atoms with Gasteiger partial charge in [0.2, 0.25) is 0 Å². The minimum Gasteiger partial charge on any atom is -0.497 e. The number of Topliss-reactive ketones (excluding diaryl/α,β-unsaturated/α-hetero) is 2. The number of benzene rings is 2. The molecule has 1 aliphatic rings. The molecule has 1 aliphatic carbocycles. The van der Waals surface area contributed by atoms with Gasteiger partial charge in [0.25, 0.3) is 0 Å². The second kappa shape index (κ2) is 6.14. The molecular formula is C19H18O3. The highest BCUT2D eigenvalue weighted by atomic mass is 16.5. The van der Waals surface area contributed by atoms with E-state index >= 15 is 0 Å². The highest BCUT2D eigenvalue weighted by Crippen LogP contribution is 2.34. The normalized spacial score (nSPS) is 17.0. The van der Waals surface area contributed by atoms with Crippen LogP contribution in [0.15, 0.2) is 48.5 Å². The molecule has 0 bridgehead atoms. The van der Waals surface area contributed by atoms with Crippen LogP contribution in [0.3, 0.4) is 0 Å². The first-order valence-electron chi connectivity index (χ1n) is 7.47. The molecule has 1 atom stereocenters. The maximum absolute atomic E-state index is 12.4. The van der Waals surface area contributed by atoms with Crippen molar-refractivity contribution in [3.63, 3.8) is 0 Å². The Morgan fingerprint density at radius 3 is 2.64 bits per heavy atom. The van der Waals surface area contributed by atoms with Crippen molar-refractivity contribution >= 4 is 11.6 Å². The monoisotopic (exact) mass is 294 g/mol. The van der Waals surface area contributed by atoms with E-state index in [1.165, 1.54) is 0 Å². The predicted octanol–water partition coefficient (Wildman–Crippen LogP) is 3.57. The van der Waals surface area contributed by atoms with Gasteiger partial charge in [-0.25, -0.2) is 0 Å². The second-order valence-electron chi connectivity index (χ2n) is 5.58. The number of methoxy groups -OCH3 is 1. The molecule has 2 aromatic rings. The van der Waals surface area contributed by atoms with Gasteiger partial charge >= 0.3 is 0 Å². The molecule has 3 heteroatoms. The molecule has 0 aliphatic heterocycles. The lowest BCUT2D eigenvalue weighted by Gasteiger charge is -2.24. The van der Waals surface area contributed by atoms with E-state index in [0.29, 0.717) is 12.0 Å². The molecule has 3 nitrogen and oxygen atoms in total. The second-order valence-corrected chi connectivity index (χ2v) is 5.58. The van der Waals surface area contributed by atoms with Crippen molar-refractivity contribution in [3.8, 4) is 5.75 Å². The Morgan fingerprint density at radius 1 is 1.14 bits per heavy atom. The van der Waals surface area contributed by atoms with E-state index in [1.807, 2.05) is 36.4 Å². The lowest BCUT2D eigenvalue weighted by atomic mass is 9.78. The van der Waals surface area contributed by atoms with Gasteiger partial charge in [0.15, 0.2) is 5.78 Å². The molecule has 112 valence electrons. The summed E-state index contributed by atoms with van der Waals surface area (Å²) in [6.07, 6.45) is 1.45. The van der Waals surface area contributed by atoms with E-state index in [2.05, 4.69) is 0 Å². The Morgan fingerprint density at radius 2 is 1.91 bits per heavy atom. The van der Waals surface area contributed by atoms with E-state index in [1.54, 1.807) is 19.2 Å². The molecule has 0 heterocycles. The molecule has 0 radical (unpaired) electrons. The number of hydrogen-bond donors (Lipinski definition) is 0. The smallest absolute Gasteiger partial charge is 0.163 e. The van der Waals surface area contributed by atoms with E-state index in [4.69, 9.17) is 4.74 Å². The van der Waals surface area contributed by atoms with E-state index < -0.39 is 0 Å². The minimum atomic E-state index is -0.331. The Balaban J connectivity index is 1.88. The van der Waals surface area contributed by atoms with Crippen LogP contribution in [-0.4, -0.2) is 18.7 Å². The molecule has 3 rings (SSSR count). The van der Waals surface area contributed by atoms with Crippen LogP contribution in [0.25, 0.3) is 0 Å². The van der Waals surface area contributed by atoms with Crippen LogP contribution in [0.2, 0.25) is 0 Å². The summed E-state index contributed by atoms with van der Waals surface area (Å²) in [7, 11) is 1.63. The quantitative estimate of drug-likeness (QED) is 0.810. The maximum atomic E-state index is 12.4.